The third kappa shape index (κ3) is 5.77. The van der Waals surface area contributed by atoms with Crippen LogP contribution in [0.2, 0.25) is 0 Å². The second-order valence-electron chi connectivity index (χ2n) is 10.7. The molecule has 0 fully saturated rings. The third-order valence-electron chi connectivity index (χ3n) is 7.56. The number of carbonyl (C=O) groups is 3. The molecule has 4 heterocycles. The summed E-state index contributed by atoms with van der Waals surface area (Å²) in [6.45, 7) is 7.36. The molecule has 230 valence electrons. The summed E-state index contributed by atoms with van der Waals surface area (Å²) in [4.78, 5) is 47.2. The Morgan fingerprint density at radius 1 is 0.889 bits per heavy atom. The molecule has 4 N–H and O–H groups in total. The monoisotopic (exact) mass is 608 g/mol. The summed E-state index contributed by atoms with van der Waals surface area (Å²) < 4.78 is 10.6. The van der Waals surface area contributed by atoms with E-state index in [9.17, 15) is 14.4 Å². The quantitative estimate of drug-likeness (QED) is 0.182. The summed E-state index contributed by atoms with van der Waals surface area (Å²) in [5.41, 5.74) is 11.0. The summed E-state index contributed by atoms with van der Waals surface area (Å²) in [6, 6.07) is 14.1. The molecule has 0 saturated heterocycles. The van der Waals surface area contributed by atoms with Gasteiger partial charge in [0.15, 0.2) is 0 Å². The van der Waals surface area contributed by atoms with Crippen LogP contribution in [0.1, 0.15) is 62.4 Å². The number of fused-ring (bicyclic) bond motifs is 2. The highest BCUT2D eigenvalue weighted by molar-refractivity contribution is 6.04. The number of aromatic nitrogens is 7. The summed E-state index contributed by atoms with van der Waals surface area (Å²) in [5.74, 6) is -0.499. The minimum Gasteiger partial charge on any atom is -0.366 e. The average molecular weight is 609 g/mol. The molecular formula is C31H32N10O4. The van der Waals surface area contributed by atoms with Crippen LogP contribution in [-0.4, -0.2) is 51.8 Å². The van der Waals surface area contributed by atoms with Gasteiger partial charge in [0.05, 0.1) is 34.0 Å². The first-order chi connectivity index (χ1) is 21.7. The number of unbranched alkanes of at least 4 members (excludes halogenated alkanes) is 1. The van der Waals surface area contributed by atoms with Gasteiger partial charge in [0.25, 0.3) is 11.8 Å². The molecule has 0 unspecified atom stereocenters. The molecule has 0 bridgehead atoms. The zero-order valence-corrected chi connectivity index (χ0v) is 25.1. The van der Waals surface area contributed by atoms with Crippen LogP contribution in [0, 0.1) is 13.8 Å². The number of hydrogen-bond donors (Lipinski definition) is 3. The van der Waals surface area contributed by atoms with E-state index in [-0.39, 0.29) is 11.7 Å². The van der Waals surface area contributed by atoms with Gasteiger partial charge in [-0.05, 0) is 69.5 Å². The minimum atomic E-state index is -0.562. The molecule has 6 rings (SSSR count). The van der Waals surface area contributed by atoms with Gasteiger partial charge < -0.3 is 19.4 Å². The molecule has 0 spiro atoms. The average Bonchev–Trinajstić information content (AvgIpc) is 3.81. The molecule has 6 aromatic rings. The molecular weight excluding hydrogens is 576 g/mol. The van der Waals surface area contributed by atoms with Crippen molar-refractivity contribution in [2.45, 2.75) is 53.2 Å². The standard InChI is InChI=1S/C31H32N10O4/c1-4-41-24(16-19(3)38-41)28(43)36-30-35-22-17-20(27(32)42)10-11-23(22)39(30)14-5-6-15-40-26-18(2)8-7-9-21(26)34-31(40)37-29(44)25-12-13-33-45-25/h7-13,16-17H,4-6,14-15H2,1-3H3,(H2,32,42)(H,34,37,44)(H,35,36,43). The van der Waals surface area contributed by atoms with E-state index >= 15 is 0 Å². The predicted molar refractivity (Wildman–Crippen MR) is 167 cm³/mol. The zero-order chi connectivity index (χ0) is 31.7. The number of nitrogens with one attached hydrogen (secondary N) is 2. The van der Waals surface area contributed by atoms with E-state index in [4.69, 9.17) is 10.3 Å². The molecule has 0 atom stereocenters. The van der Waals surface area contributed by atoms with Crippen molar-refractivity contribution in [3.05, 3.63) is 83.0 Å². The number of hydrogen-bond acceptors (Lipinski definition) is 8. The number of aryl methyl sites for hydroxylation is 5. The normalized spacial score (nSPS) is 11.4. The molecule has 0 aliphatic carbocycles. The van der Waals surface area contributed by atoms with Gasteiger partial charge in [-0.25, -0.2) is 9.97 Å². The van der Waals surface area contributed by atoms with E-state index in [0.29, 0.717) is 61.1 Å². The van der Waals surface area contributed by atoms with Crippen molar-refractivity contribution in [3.63, 3.8) is 0 Å². The van der Waals surface area contributed by atoms with Gasteiger partial charge in [-0.1, -0.05) is 17.3 Å². The number of nitrogens with two attached hydrogens (primary N) is 1. The molecule has 0 radical (unpaired) electrons. The van der Waals surface area contributed by atoms with Crippen molar-refractivity contribution in [1.82, 2.24) is 34.0 Å². The molecule has 14 nitrogen and oxygen atoms in total. The van der Waals surface area contributed by atoms with Gasteiger partial charge in [0.2, 0.25) is 23.6 Å². The first-order valence-corrected chi connectivity index (χ1v) is 14.6. The SMILES string of the molecule is CCn1nc(C)cc1C(=O)Nc1nc2cc(C(N)=O)ccc2n1CCCCn1c(NC(=O)c2ccno2)nc2cccc(C)c21. The van der Waals surface area contributed by atoms with Gasteiger partial charge in [0.1, 0.15) is 5.69 Å². The maximum Gasteiger partial charge on any atom is 0.296 e. The van der Waals surface area contributed by atoms with Gasteiger partial charge >= 0.3 is 0 Å². The molecule has 3 amide bonds. The highest BCUT2D eigenvalue weighted by Crippen LogP contribution is 2.26. The lowest BCUT2D eigenvalue weighted by Crippen LogP contribution is -2.20. The van der Waals surface area contributed by atoms with Gasteiger partial charge in [-0.3, -0.25) is 29.7 Å². The summed E-state index contributed by atoms with van der Waals surface area (Å²) in [7, 11) is 0. The maximum atomic E-state index is 13.3. The Balaban J connectivity index is 1.25. The maximum absolute atomic E-state index is 13.3. The Morgan fingerprint density at radius 3 is 2.36 bits per heavy atom. The van der Waals surface area contributed by atoms with Crippen LogP contribution in [0.4, 0.5) is 11.9 Å². The van der Waals surface area contributed by atoms with Crippen molar-refractivity contribution >= 4 is 51.7 Å². The predicted octanol–water partition coefficient (Wildman–Crippen LogP) is 4.29. The van der Waals surface area contributed by atoms with Crippen LogP contribution in [-0.2, 0) is 19.6 Å². The lowest BCUT2D eigenvalue weighted by molar-refractivity contribution is 0.0982. The Morgan fingerprint density at radius 2 is 1.62 bits per heavy atom. The number of primary amides is 1. The topological polar surface area (TPSA) is 181 Å². The summed E-state index contributed by atoms with van der Waals surface area (Å²) in [6.07, 6.45) is 2.81. The first-order valence-electron chi connectivity index (χ1n) is 14.6. The number of rotatable bonds is 11. The Labute approximate surface area is 257 Å². The number of carbonyl (C=O) groups excluding carboxylic acids is 3. The minimum absolute atomic E-state index is 0.0866. The van der Waals surface area contributed by atoms with Crippen molar-refractivity contribution < 1.29 is 18.9 Å². The second-order valence-corrected chi connectivity index (χ2v) is 10.7. The summed E-state index contributed by atoms with van der Waals surface area (Å²) in [5, 5.41) is 13.8. The summed E-state index contributed by atoms with van der Waals surface area (Å²) >= 11 is 0. The van der Waals surface area contributed by atoms with Gasteiger partial charge in [-0.15, -0.1) is 0 Å². The molecule has 45 heavy (non-hydrogen) atoms. The number of benzene rings is 2. The third-order valence-corrected chi connectivity index (χ3v) is 7.56. The van der Waals surface area contributed by atoms with E-state index in [1.807, 2.05) is 48.1 Å². The second kappa shape index (κ2) is 12.1. The van der Waals surface area contributed by atoms with Crippen LogP contribution >= 0.6 is 0 Å². The largest absolute Gasteiger partial charge is 0.366 e. The van der Waals surface area contributed by atoms with E-state index in [1.54, 1.807) is 28.9 Å². The Hall–Kier alpha value is -5.79. The van der Waals surface area contributed by atoms with Gasteiger partial charge in [0, 0.05) is 31.3 Å². The van der Waals surface area contributed by atoms with Crippen LogP contribution in [0.5, 0.6) is 0 Å². The van der Waals surface area contributed by atoms with Crippen molar-refractivity contribution in [3.8, 4) is 0 Å². The number of amides is 3. The highest BCUT2D eigenvalue weighted by atomic mass is 16.5. The molecule has 0 aliphatic rings. The Kier molecular flexibility index (Phi) is 7.86. The molecule has 4 aromatic heterocycles. The smallest absolute Gasteiger partial charge is 0.296 e. The fourth-order valence-electron chi connectivity index (χ4n) is 5.45. The van der Waals surface area contributed by atoms with Crippen molar-refractivity contribution in [2.24, 2.45) is 5.73 Å². The number of para-hydroxylation sites is 1. The lowest BCUT2D eigenvalue weighted by atomic mass is 10.2. The van der Waals surface area contributed by atoms with E-state index < -0.39 is 11.8 Å². The number of anilines is 2. The molecule has 2 aromatic carbocycles. The van der Waals surface area contributed by atoms with Crippen LogP contribution < -0.4 is 16.4 Å². The zero-order valence-electron chi connectivity index (χ0n) is 25.1. The number of imidazole rings is 2. The van der Waals surface area contributed by atoms with Crippen molar-refractivity contribution in [1.29, 1.82) is 0 Å². The number of nitrogens with zero attached hydrogens (tertiary/aromatic N) is 7. The van der Waals surface area contributed by atoms with Crippen molar-refractivity contribution in [2.75, 3.05) is 10.6 Å². The lowest BCUT2D eigenvalue weighted by Gasteiger charge is -2.13. The highest BCUT2D eigenvalue weighted by Gasteiger charge is 2.20. The fourth-order valence-corrected chi connectivity index (χ4v) is 5.45. The van der Waals surface area contributed by atoms with Crippen LogP contribution in [0.25, 0.3) is 22.1 Å². The van der Waals surface area contributed by atoms with Crippen LogP contribution in [0.15, 0.2) is 59.3 Å². The Bertz CT molecular complexity index is 2050. The first kappa shape index (κ1) is 29.3. The molecule has 0 aliphatic heterocycles. The molecule has 14 heteroatoms. The van der Waals surface area contributed by atoms with E-state index in [1.165, 1.54) is 12.3 Å². The van der Waals surface area contributed by atoms with E-state index in [2.05, 4.69) is 30.9 Å². The molecule has 0 saturated carbocycles. The van der Waals surface area contributed by atoms with E-state index in [0.717, 1.165) is 27.8 Å². The van der Waals surface area contributed by atoms with Crippen LogP contribution in [0.3, 0.4) is 0 Å². The fraction of sp³-hybridized carbons (Fsp3) is 0.258. The van der Waals surface area contributed by atoms with Gasteiger partial charge in [-0.2, -0.15) is 5.10 Å².